The van der Waals surface area contributed by atoms with Crippen molar-refractivity contribution in [2.45, 2.75) is 33.1 Å². The summed E-state index contributed by atoms with van der Waals surface area (Å²) in [5.41, 5.74) is 1.37. The number of carbonyl (C=O) groups is 1. The molecule has 0 saturated carbocycles. The van der Waals surface area contributed by atoms with E-state index in [1.165, 1.54) is 0 Å². The van der Waals surface area contributed by atoms with Gasteiger partial charge in [-0.05, 0) is 34.8 Å². The lowest BCUT2D eigenvalue weighted by Gasteiger charge is -2.05. The largest absolute Gasteiger partial charge is 0.349 e. The van der Waals surface area contributed by atoms with Gasteiger partial charge in [-0.1, -0.05) is 20.8 Å². The van der Waals surface area contributed by atoms with Crippen LogP contribution in [0.3, 0.4) is 0 Å². The third-order valence-electron chi connectivity index (χ3n) is 2.54. The highest BCUT2D eigenvalue weighted by atomic mass is 79.9. The molecule has 18 heavy (non-hydrogen) atoms. The Kier molecular flexibility index (Phi) is 6.35. The van der Waals surface area contributed by atoms with Crippen molar-refractivity contribution in [3.63, 3.8) is 0 Å². The summed E-state index contributed by atoms with van der Waals surface area (Å²) in [4.78, 5) is 11.9. The van der Waals surface area contributed by atoms with Gasteiger partial charge >= 0.3 is 0 Å². The van der Waals surface area contributed by atoms with Crippen molar-refractivity contribution in [3.05, 3.63) is 15.9 Å². The van der Waals surface area contributed by atoms with E-state index in [0.29, 0.717) is 18.2 Å². The third-order valence-corrected chi connectivity index (χ3v) is 3.34. The highest BCUT2D eigenvalue weighted by Crippen LogP contribution is 2.25. The maximum atomic E-state index is 11.9. The van der Waals surface area contributed by atoms with E-state index in [0.717, 1.165) is 29.7 Å². The smallest absolute Gasteiger partial charge is 0.273 e. The summed E-state index contributed by atoms with van der Waals surface area (Å²) in [6.45, 7) is 8.57. The fourth-order valence-corrected chi connectivity index (χ4v) is 2.34. The summed E-state index contributed by atoms with van der Waals surface area (Å²) >= 11 is 3.42. The van der Waals surface area contributed by atoms with Crippen LogP contribution in [-0.4, -0.2) is 35.7 Å². The number of nitrogens with one attached hydrogen (secondary N) is 3. The quantitative estimate of drug-likeness (QED) is 0.674. The average molecular weight is 317 g/mol. The molecule has 0 unspecified atom stereocenters. The minimum atomic E-state index is -0.150. The van der Waals surface area contributed by atoms with E-state index in [-0.39, 0.29) is 5.91 Å². The van der Waals surface area contributed by atoms with E-state index in [2.05, 4.69) is 57.5 Å². The number of aromatic nitrogens is 2. The van der Waals surface area contributed by atoms with Gasteiger partial charge in [0, 0.05) is 13.1 Å². The second kappa shape index (κ2) is 7.53. The van der Waals surface area contributed by atoms with Crippen molar-refractivity contribution in [1.82, 2.24) is 20.8 Å². The molecule has 0 saturated heterocycles. The zero-order valence-corrected chi connectivity index (χ0v) is 12.7. The van der Waals surface area contributed by atoms with E-state index in [4.69, 9.17) is 0 Å². The molecule has 1 rings (SSSR count). The zero-order valence-electron chi connectivity index (χ0n) is 11.1. The van der Waals surface area contributed by atoms with Gasteiger partial charge in [0.2, 0.25) is 0 Å². The van der Waals surface area contributed by atoms with Crippen LogP contribution in [0.25, 0.3) is 0 Å². The molecular weight excluding hydrogens is 296 g/mol. The molecule has 5 nitrogen and oxygen atoms in total. The third kappa shape index (κ3) is 4.10. The molecule has 1 amide bonds. The minimum absolute atomic E-state index is 0.150. The van der Waals surface area contributed by atoms with Crippen molar-refractivity contribution in [2.24, 2.45) is 0 Å². The van der Waals surface area contributed by atoms with Crippen molar-refractivity contribution < 1.29 is 4.79 Å². The Morgan fingerprint density at radius 2 is 2.11 bits per heavy atom. The van der Waals surface area contributed by atoms with E-state index in [1.54, 1.807) is 0 Å². The van der Waals surface area contributed by atoms with Gasteiger partial charge in [-0.15, -0.1) is 0 Å². The summed E-state index contributed by atoms with van der Waals surface area (Å²) in [6.07, 6.45) is 1.09. The summed E-state index contributed by atoms with van der Waals surface area (Å²) in [5, 5.41) is 13.0. The van der Waals surface area contributed by atoms with Crippen LogP contribution in [0.15, 0.2) is 4.47 Å². The first kappa shape index (κ1) is 15.2. The molecule has 1 heterocycles. The van der Waals surface area contributed by atoms with Crippen LogP contribution in [0.2, 0.25) is 0 Å². The number of H-pyrrole nitrogens is 1. The maximum absolute atomic E-state index is 11.9. The van der Waals surface area contributed by atoms with Gasteiger partial charge in [-0.3, -0.25) is 9.89 Å². The second-order valence-corrected chi connectivity index (χ2v) is 5.25. The molecule has 0 radical (unpaired) electrons. The van der Waals surface area contributed by atoms with Gasteiger partial charge in [0.1, 0.15) is 0 Å². The Morgan fingerprint density at radius 1 is 1.39 bits per heavy atom. The molecule has 0 aromatic carbocycles. The lowest BCUT2D eigenvalue weighted by molar-refractivity contribution is 0.0948. The predicted molar refractivity (Wildman–Crippen MR) is 75.9 cm³/mol. The van der Waals surface area contributed by atoms with Gasteiger partial charge in [0.15, 0.2) is 5.69 Å². The molecule has 0 spiro atoms. The molecule has 0 aliphatic carbocycles. The van der Waals surface area contributed by atoms with Crippen LogP contribution >= 0.6 is 15.9 Å². The summed E-state index contributed by atoms with van der Waals surface area (Å²) in [7, 11) is 0. The van der Waals surface area contributed by atoms with E-state index < -0.39 is 0 Å². The van der Waals surface area contributed by atoms with Crippen molar-refractivity contribution in [1.29, 1.82) is 0 Å². The number of carbonyl (C=O) groups excluding carboxylic acids is 1. The fourth-order valence-electron chi connectivity index (χ4n) is 1.52. The van der Waals surface area contributed by atoms with Crippen molar-refractivity contribution in [2.75, 3.05) is 19.6 Å². The van der Waals surface area contributed by atoms with Crippen molar-refractivity contribution in [3.8, 4) is 0 Å². The fraction of sp³-hybridized carbons (Fsp3) is 0.667. The Balaban J connectivity index is 2.47. The van der Waals surface area contributed by atoms with E-state index >= 15 is 0 Å². The molecule has 1 aromatic rings. The highest BCUT2D eigenvalue weighted by molar-refractivity contribution is 9.10. The van der Waals surface area contributed by atoms with Gasteiger partial charge in [0.25, 0.3) is 5.91 Å². The van der Waals surface area contributed by atoms with Crippen LogP contribution in [0.1, 0.15) is 49.3 Å². The number of halogens is 1. The molecule has 102 valence electrons. The zero-order chi connectivity index (χ0) is 13.5. The average Bonchev–Trinajstić information content (AvgIpc) is 2.70. The number of aromatic amines is 1. The Bertz CT molecular complexity index is 389. The molecule has 3 N–H and O–H groups in total. The molecule has 1 aromatic heterocycles. The Hall–Kier alpha value is -0.880. The lowest BCUT2D eigenvalue weighted by Crippen LogP contribution is -2.32. The van der Waals surface area contributed by atoms with E-state index in [9.17, 15) is 4.79 Å². The monoisotopic (exact) mass is 316 g/mol. The molecular formula is C12H21BrN4O. The molecule has 6 heteroatoms. The van der Waals surface area contributed by atoms with Crippen LogP contribution in [-0.2, 0) is 0 Å². The number of hydrogen-bond donors (Lipinski definition) is 3. The summed E-state index contributed by atoms with van der Waals surface area (Å²) < 4.78 is 0.761. The standard InChI is InChI=1S/C12H21BrN4O/c1-4-5-14-6-7-15-12(18)11-9(13)10(8(2)3)16-17-11/h8,14H,4-7H2,1-3H3,(H,15,18)(H,16,17). The second-order valence-electron chi connectivity index (χ2n) is 4.46. The first-order chi connectivity index (χ1) is 8.57. The summed E-state index contributed by atoms with van der Waals surface area (Å²) in [6, 6.07) is 0. The van der Waals surface area contributed by atoms with Gasteiger partial charge in [-0.25, -0.2) is 0 Å². The van der Waals surface area contributed by atoms with E-state index in [1.807, 2.05) is 0 Å². The molecule has 0 aliphatic heterocycles. The van der Waals surface area contributed by atoms with Crippen LogP contribution in [0.5, 0.6) is 0 Å². The summed E-state index contributed by atoms with van der Waals surface area (Å²) in [5.74, 6) is 0.156. The Morgan fingerprint density at radius 3 is 2.67 bits per heavy atom. The van der Waals surface area contributed by atoms with Crippen molar-refractivity contribution >= 4 is 21.8 Å². The van der Waals surface area contributed by atoms with Gasteiger partial charge < -0.3 is 10.6 Å². The first-order valence-corrected chi connectivity index (χ1v) is 7.09. The number of hydrogen-bond acceptors (Lipinski definition) is 3. The van der Waals surface area contributed by atoms with Gasteiger partial charge in [0.05, 0.1) is 10.2 Å². The number of nitrogens with zero attached hydrogens (tertiary/aromatic N) is 1. The first-order valence-electron chi connectivity index (χ1n) is 6.30. The highest BCUT2D eigenvalue weighted by Gasteiger charge is 2.18. The molecule has 0 aliphatic rings. The van der Waals surface area contributed by atoms with Crippen LogP contribution in [0.4, 0.5) is 0 Å². The molecule has 0 fully saturated rings. The topological polar surface area (TPSA) is 69.8 Å². The SMILES string of the molecule is CCCNCCNC(=O)c1n[nH]c(C(C)C)c1Br. The van der Waals surface area contributed by atoms with Crippen LogP contribution in [0, 0.1) is 0 Å². The molecule has 0 bridgehead atoms. The maximum Gasteiger partial charge on any atom is 0.273 e. The Labute approximate surface area is 116 Å². The number of rotatable bonds is 7. The minimum Gasteiger partial charge on any atom is -0.349 e. The molecule has 0 atom stereocenters. The number of amides is 1. The van der Waals surface area contributed by atoms with Gasteiger partial charge in [-0.2, -0.15) is 5.10 Å². The normalized spacial score (nSPS) is 10.9. The van der Waals surface area contributed by atoms with Crippen LogP contribution < -0.4 is 10.6 Å². The predicted octanol–water partition coefficient (Wildman–Crippen LogP) is 2.02. The lowest BCUT2D eigenvalue weighted by atomic mass is 10.1.